The molecule has 1 aliphatic carbocycles. The predicted octanol–water partition coefficient (Wildman–Crippen LogP) is 4.09. The average Bonchev–Trinajstić information content (AvgIpc) is 2.96. The first-order valence-corrected chi connectivity index (χ1v) is 7.84. The van der Waals surface area contributed by atoms with E-state index < -0.39 is 0 Å². The van der Waals surface area contributed by atoms with E-state index in [0.29, 0.717) is 5.89 Å². The van der Waals surface area contributed by atoms with Crippen molar-refractivity contribution in [3.05, 3.63) is 11.7 Å². The smallest absolute Gasteiger partial charge is 0.240 e. The Labute approximate surface area is 109 Å². The number of thioether (sulfide) groups is 1. The summed E-state index contributed by atoms with van der Waals surface area (Å²) in [7, 11) is 0. The van der Waals surface area contributed by atoms with Crippen LogP contribution in [-0.4, -0.2) is 15.4 Å². The molecule has 1 heterocycles. The van der Waals surface area contributed by atoms with Crippen molar-refractivity contribution in [1.29, 1.82) is 0 Å². The van der Waals surface area contributed by atoms with Gasteiger partial charge in [0.25, 0.3) is 0 Å². The molecule has 0 amide bonds. The SMILES string of the molecule is CCC(Br)c1nc(CSC2CCCC2)no1. The minimum Gasteiger partial charge on any atom is -0.338 e. The van der Waals surface area contributed by atoms with E-state index >= 15 is 0 Å². The Morgan fingerprint density at radius 2 is 2.25 bits per heavy atom. The topological polar surface area (TPSA) is 38.9 Å². The fourth-order valence-corrected chi connectivity index (χ4v) is 3.23. The van der Waals surface area contributed by atoms with Crippen molar-refractivity contribution >= 4 is 27.7 Å². The van der Waals surface area contributed by atoms with Gasteiger partial charge in [0.15, 0.2) is 5.82 Å². The number of rotatable bonds is 5. The van der Waals surface area contributed by atoms with Gasteiger partial charge in [-0.2, -0.15) is 16.7 Å². The molecule has 0 bridgehead atoms. The molecular weight excluding hydrogens is 288 g/mol. The van der Waals surface area contributed by atoms with Crippen molar-refractivity contribution < 1.29 is 4.52 Å². The maximum atomic E-state index is 5.21. The Morgan fingerprint density at radius 1 is 1.50 bits per heavy atom. The van der Waals surface area contributed by atoms with Crippen molar-refractivity contribution in [2.45, 2.75) is 54.9 Å². The average molecular weight is 305 g/mol. The van der Waals surface area contributed by atoms with E-state index in [1.807, 2.05) is 11.8 Å². The molecular formula is C11H17BrN2OS. The third-order valence-electron chi connectivity index (χ3n) is 2.86. The van der Waals surface area contributed by atoms with Crippen LogP contribution in [0.3, 0.4) is 0 Å². The highest BCUT2D eigenvalue weighted by Crippen LogP contribution is 2.31. The van der Waals surface area contributed by atoms with E-state index in [2.05, 4.69) is 33.0 Å². The van der Waals surface area contributed by atoms with Gasteiger partial charge in [0, 0.05) is 5.25 Å². The van der Waals surface area contributed by atoms with Crippen LogP contribution in [0.15, 0.2) is 4.52 Å². The van der Waals surface area contributed by atoms with Gasteiger partial charge in [0.1, 0.15) is 0 Å². The quantitative estimate of drug-likeness (QED) is 0.768. The van der Waals surface area contributed by atoms with Crippen molar-refractivity contribution in [2.24, 2.45) is 0 Å². The Bertz CT molecular complexity index is 326. The van der Waals surface area contributed by atoms with Crippen LogP contribution < -0.4 is 0 Å². The summed E-state index contributed by atoms with van der Waals surface area (Å²) in [6.45, 7) is 2.09. The number of hydrogen-bond acceptors (Lipinski definition) is 4. The zero-order valence-electron chi connectivity index (χ0n) is 9.49. The summed E-state index contributed by atoms with van der Waals surface area (Å²) in [6.07, 6.45) is 6.44. The molecule has 0 aliphatic heterocycles. The number of halogens is 1. The Morgan fingerprint density at radius 3 is 2.94 bits per heavy atom. The second kappa shape index (κ2) is 6.05. The lowest BCUT2D eigenvalue weighted by Crippen LogP contribution is -1.96. The molecule has 0 N–H and O–H groups in total. The molecule has 1 saturated carbocycles. The van der Waals surface area contributed by atoms with E-state index in [1.165, 1.54) is 25.7 Å². The lowest BCUT2D eigenvalue weighted by atomic mass is 10.3. The molecule has 1 unspecified atom stereocenters. The van der Waals surface area contributed by atoms with Crippen molar-refractivity contribution in [1.82, 2.24) is 10.1 Å². The highest BCUT2D eigenvalue weighted by Gasteiger charge is 2.18. The second-order valence-corrected chi connectivity index (χ2v) is 6.54. The predicted molar refractivity (Wildman–Crippen MR) is 69.8 cm³/mol. The monoisotopic (exact) mass is 304 g/mol. The van der Waals surface area contributed by atoms with Crippen LogP contribution in [0.25, 0.3) is 0 Å². The van der Waals surface area contributed by atoms with Crippen LogP contribution >= 0.6 is 27.7 Å². The normalized spacial score (nSPS) is 19.1. The highest BCUT2D eigenvalue weighted by molar-refractivity contribution is 9.09. The zero-order chi connectivity index (χ0) is 11.4. The van der Waals surface area contributed by atoms with Crippen LogP contribution in [0, 0.1) is 0 Å². The van der Waals surface area contributed by atoms with Gasteiger partial charge in [-0.05, 0) is 19.3 Å². The molecule has 0 saturated heterocycles. The van der Waals surface area contributed by atoms with Crippen LogP contribution in [0.4, 0.5) is 0 Å². The fourth-order valence-electron chi connectivity index (χ4n) is 1.88. The molecule has 3 nitrogen and oxygen atoms in total. The molecule has 1 aromatic rings. The molecule has 1 aromatic heterocycles. The van der Waals surface area contributed by atoms with Gasteiger partial charge in [-0.25, -0.2) is 0 Å². The Hall–Kier alpha value is -0.0300. The van der Waals surface area contributed by atoms with Gasteiger partial charge in [-0.15, -0.1) is 0 Å². The first kappa shape index (κ1) is 12.4. The second-order valence-electron chi connectivity index (χ2n) is 4.14. The summed E-state index contributed by atoms with van der Waals surface area (Å²) in [5.74, 6) is 2.44. The highest BCUT2D eigenvalue weighted by atomic mass is 79.9. The standard InChI is InChI=1S/C11H17BrN2OS/c1-2-9(12)11-13-10(14-15-11)7-16-8-5-3-4-6-8/h8-9H,2-7H2,1H3. The third-order valence-corrected chi connectivity index (χ3v) is 5.27. The molecule has 0 radical (unpaired) electrons. The summed E-state index contributed by atoms with van der Waals surface area (Å²) in [4.78, 5) is 4.60. The van der Waals surface area contributed by atoms with Crippen molar-refractivity contribution in [3.8, 4) is 0 Å². The first-order chi connectivity index (χ1) is 7.79. The minimum atomic E-state index is 0.199. The molecule has 90 valence electrons. The fraction of sp³-hybridized carbons (Fsp3) is 0.818. The lowest BCUT2D eigenvalue weighted by Gasteiger charge is -2.04. The van der Waals surface area contributed by atoms with E-state index in [9.17, 15) is 0 Å². The van der Waals surface area contributed by atoms with Crippen molar-refractivity contribution in [2.75, 3.05) is 0 Å². The zero-order valence-corrected chi connectivity index (χ0v) is 11.9. The maximum absolute atomic E-state index is 5.21. The number of alkyl halides is 1. The molecule has 1 fully saturated rings. The van der Waals surface area contributed by atoms with Crippen LogP contribution in [0.5, 0.6) is 0 Å². The minimum absolute atomic E-state index is 0.199. The first-order valence-electron chi connectivity index (χ1n) is 5.87. The molecule has 0 aromatic carbocycles. The largest absolute Gasteiger partial charge is 0.338 e. The molecule has 0 spiro atoms. The van der Waals surface area contributed by atoms with Gasteiger partial charge in [0.2, 0.25) is 5.89 Å². The van der Waals surface area contributed by atoms with E-state index in [-0.39, 0.29) is 4.83 Å². The van der Waals surface area contributed by atoms with Gasteiger partial charge in [-0.3, -0.25) is 0 Å². The Balaban J connectivity index is 1.82. The number of nitrogens with zero attached hydrogens (tertiary/aromatic N) is 2. The number of hydrogen-bond donors (Lipinski definition) is 0. The summed E-state index contributed by atoms with van der Waals surface area (Å²) in [5, 5.41) is 4.82. The summed E-state index contributed by atoms with van der Waals surface area (Å²) >= 11 is 5.48. The summed E-state index contributed by atoms with van der Waals surface area (Å²) in [6, 6.07) is 0. The number of aromatic nitrogens is 2. The lowest BCUT2D eigenvalue weighted by molar-refractivity contribution is 0.372. The van der Waals surface area contributed by atoms with Gasteiger partial charge in [0.05, 0.1) is 10.6 Å². The maximum Gasteiger partial charge on any atom is 0.240 e. The van der Waals surface area contributed by atoms with Gasteiger partial charge < -0.3 is 4.52 Å². The van der Waals surface area contributed by atoms with E-state index in [0.717, 1.165) is 23.2 Å². The molecule has 1 atom stereocenters. The van der Waals surface area contributed by atoms with Crippen LogP contribution in [0.1, 0.15) is 55.6 Å². The van der Waals surface area contributed by atoms with E-state index in [4.69, 9.17) is 4.52 Å². The summed E-state index contributed by atoms with van der Waals surface area (Å²) in [5.41, 5.74) is 0. The van der Waals surface area contributed by atoms with Crippen molar-refractivity contribution in [3.63, 3.8) is 0 Å². The molecule has 1 aliphatic rings. The van der Waals surface area contributed by atoms with Gasteiger partial charge in [-0.1, -0.05) is 40.9 Å². The van der Waals surface area contributed by atoms with E-state index in [1.54, 1.807) is 0 Å². The summed E-state index contributed by atoms with van der Waals surface area (Å²) < 4.78 is 5.21. The van der Waals surface area contributed by atoms with Crippen LogP contribution in [0.2, 0.25) is 0 Å². The molecule has 16 heavy (non-hydrogen) atoms. The van der Waals surface area contributed by atoms with Gasteiger partial charge >= 0.3 is 0 Å². The molecule has 2 rings (SSSR count). The van der Waals surface area contributed by atoms with Crippen LogP contribution in [-0.2, 0) is 5.75 Å². The molecule has 5 heteroatoms. The Kier molecular flexibility index (Phi) is 4.70. The third kappa shape index (κ3) is 3.23.